The third-order valence-electron chi connectivity index (χ3n) is 6.64. The number of imidazole rings is 1. The summed E-state index contributed by atoms with van der Waals surface area (Å²) in [6, 6.07) is 12.5. The van der Waals surface area contributed by atoms with Gasteiger partial charge in [-0.15, -0.1) is 11.3 Å². The van der Waals surface area contributed by atoms with Crippen LogP contribution in [0.5, 0.6) is 11.5 Å². The number of rotatable bonds is 7. The number of benzene rings is 2. The van der Waals surface area contributed by atoms with Gasteiger partial charge in [-0.3, -0.25) is 9.36 Å². The molecular weight excluding hydrogens is 517 g/mol. The summed E-state index contributed by atoms with van der Waals surface area (Å²) >= 11 is 1.08. The minimum atomic E-state index is -4.54. The summed E-state index contributed by atoms with van der Waals surface area (Å²) < 4.78 is 54.5. The van der Waals surface area contributed by atoms with Crippen LogP contribution in [0.2, 0.25) is 0 Å². The van der Waals surface area contributed by atoms with Crippen molar-refractivity contribution in [1.82, 2.24) is 14.5 Å². The second kappa shape index (κ2) is 10.3. The first-order valence-electron chi connectivity index (χ1n) is 12.2. The van der Waals surface area contributed by atoms with E-state index in [1.54, 1.807) is 17.0 Å². The lowest BCUT2D eigenvalue weighted by molar-refractivity contribution is -0.139. The number of carbonyl (C=O) groups excluding carboxylic acids is 1. The maximum Gasteiger partial charge on any atom is 0.416 e. The van der Waals surface area contributed by atoms with Crippen molar-refractivity contribution in [2.45, 2.75) is 38.1 Å². The van der Waals surface area contributed by atoms with Crippen molar-refractivity contribution < 1.29 is 27.4 Å². The highest BCUT2D eigenvalue weighted by Crippen LogP contribution is 2.39. The van der Waals surface area contributed by atoms with Gasteiger partial charge in [0.25, 0.3) is 5.91 Å². The molecule has 0 saturated carbocycles. The number of nitrogens with two attached hydrogens (primary N) is 1. The van der Waals surface area contributed by atoms with Crippen LogP contribution in [0.25, 0.3) is 16.0 Å². The van der Waals surface area contributed by atoms with Crippen LogP contribution in [-0.2, 0) is 6.18 Å². The van der Waals surface area contributed by atoms with Crippen LogP contribution in [0.15, 0.2) is 54.9 Å². The summed E-state index contributed by atoms with van der Waals surface area (Å²) in [5, 5.41) is 0.587. The Hall–Kier alpha value is -3.57. The number of thiophene rings is 1. The number of amides is 1. The number of hydrogen-bond donors (Lipinski definition) is 1. The van der Waals surface area contributed by atoms with E-state index in [4.69, 9.17) is 15.2 Å². The van der Waals surface area contributed by atoms with E-state index < -0.39 is 23.8 Å². The molecule has 1 aliphatic rings. The number of carbonyl (C=O) groups is 1. The predicted octanol–water partition coefficient (Wildman–Crippen LogP) is 5.82. The smallest absolute Gasteiger partial charge is 0.416 e. The van der Waals surface area contributed by atoms with Gasteiger partial charge in [0.1, 0.15) is 39.9 Å². The van der Waals surface area contributed by atoms with Gasteiger partial charge in [-0.1, -0.05) is 18.2 Å². The van der Waals surface area contributed by atoms with E-state index in [-0.39, 0.29) is 22.3 Å². The second-order valence-electron chi connectivity index (χ2n) is 9.37. The summed E-state index contributed by atoms with van der Waals surface area (Å²) in [7, 11) is 2.09. The topological polar surface area (TPSA) is 82.6 Å². The van der Waals surface area contributed by atoms with Gasteiger partial charge in [-0.25, -0.2) is 4.98 Å². The van der Waals surface area contributed by atoms with E-state index >= 15 is 0 Å². The Kier molecular flexibility index (Phi) is 7.06. The van der Waals surface area contributed by atoms with E-state index in [2.05, 4.69) is 16.9 Å². The van der Waals surface area contributed by atoms with Gasteiger partial charge in [0.05, 0.1) is 16.6 Å². The third kappa shape index (κ3) is 5.34. The third-order valence-corrected chi connectivity index (χ3v) is 7.77. The average Bonchev–Trinajstić information content (AvgIpc) is 3.49. The highest BCUT2D eigenvalue weighted by Gasteiger charge is 2.35. The first kappa shape index (κ1) is 26.1. The Morgan fingerprint density at radius 1 is 1.16 bits per heavy atom. The Balaban J connectivity index is 1.44. The van der Waals surface area contributed by atoms with E-state index in [1.165, 1.54) is 25.1 Å². The number of piperidine rings is 1. The molecule has 2 aromatic heterocycles. The molecule has 0 aliphatic carbocycles. The van der Waals surface area contributed by atoms with Gasteiger partial charge in [0, 0.05) is 30.8 Å². The van der Waals surface area contributed by atoms with Gasteiger partial charge in [0.15, 0.2) is 0 Å². The maximum atomic E-state index is 13.5. The summed E-state index contributed by atoms with van der Waals surface area (Å²) in [5.74, 6) is 0.0974. The number of aromatic nitrogens is 2. The molecule has 0 spiro atoms. The zero-order valence-electron chi connectivity index (χ0n) is 20.9. The predicted molar refractivity (Wildman–Crippen MR) is 139 cm³/mol. The van der Waals surface area contributed by atoms with Gasteiger partial charge in [0.2, 0.25) is 0 Å². The second-order valence-corrected chi connectivity index (χ2v) is 10.4. The molecule has 0 bridgehead atoms. The van der Waals surface area contributed by atoms with Crippen molar-refractivity contribution in [3.8, 4) is 16.5 Å². The van der Waals surface area contributed by atoms with Gasteiger partial charge in [-0.2, -0.15) is 13.2 Å². The molecule has 1 saturated heterocycles. The number of nitrogens with zero attached hydrogens (tertiary/aromatic N) is 3. The van der Waals surface area contributed by atoms with E-state index in [0.29, 0.717) is 10.8 Å². The molecule has 200 valence electrons. The van der Waals surface area contributed by atoms with E-state index in [9.17, 15) is 18.0 Å². The Morgan fingerprint density at radius 3 is 2.61 bits per heavy atom. The van der Waals surface area contributed by atoms with Crippen molar-refractivity contribution in [3.05, 3.63) is 70.9 Å². The monoisotopic (exact) mass is 544 g/mol. The fraction of sp³-hybridized carbons (Fsp3) is 0.333. The van der Waals surface area contributed by atoms with Crippen LogP contribution >= 0.6 is 11.3 Å². The lowest BCUT2D eigenvalue weighted by Gasteiger charge is -2.29. The first-order valence-corrected chi connectivity index (χ1v) is 13.0. The van der Waals surface area contributed by atoms with Crippen molar-refractivity contribution in [2.75, 3.05) is 20.1 Å². The van der Waals surface area contributed by atoms with Crippen LogP contribution in [0.1, 0.15) is 46.7 Å². The standard InChI is InChI=1S/C27H27F3N4O3S/c1-16(19-5-3-4-6-20(19)27(28,29)30)36-23-14-24(38-25(23)26(31)35)34-15-32-21-8-7-18(13-22(21)34)37-17-9-11-33(2)12-10-17/h3-8,13-17H,9-12H2,1-2H3,(H2,31,35). The summed E-state index contributed by atoms with van der Waals surface area (Å²) in [6.45, 7) is 3.46. The minimum Gasteiger partial charge on any atom is -0.490 e. The molecule has 1 fully saturated rings. The minimum absolute atomic E-state index is 0.0352. The highest BCUT2D eigenvalue weighted by molar-refractivity contribution is 7.16. The van der Waals surface area contributed by atoms with Crippen molar-refractivity contribution >= 4 is 28.3 Å². The van der Waals surface area contributed by atoms with Gasteiger partial charge in [-0.05, 0) is 45.0 Å². The number of halogens is 3. The molecule has 7 nitrogen and oxygen atoms in total. The van der Waals surface area contributed by atoms with Crippen LogP contribution in [-0.4, -0.2) is 46.6 Å². The first-order chi connectivity index (χ1) is 18.1. The Morgan fingerprint density at radius 2 is 1.89 bits per heavy atom. The Labute approximate surface area is 221 Å². The van der Waals surface area contributed by atoms with Crippen molar-refractivity contribution in [3.63, 3.8) is 0 Å². The fourth-order valence-electron chi connectivity index (χ4n) is 4.64. The average molecular weight is 545 g/mol. The van der Waals surface area contributed by atoms with Crippen LogP contribution in [0, 0.1) is 0 Å². The molecule has 1 aliphatic heterocycles. The summed E-state index contributed by atoms with van der Waals surface area (Å²) in [6.07, 6.45) is -1.89. The quantitative estimate of drug-likeness (QED) is 0.317. The lowest BCUT2D eigenvalue weighted by atomic mass is 10.0. The van der Waals surface area contributed by atoms with Crippen LogP contribution in [0.3, 0.4) is 0 Å². The molecule has 5 rings (SSSR count). The van der Waals surface area contributed by atoms with E-state index in [0.717, 1.165) is 54.4 Å². The summed E-state index contributed by atoms with van der Waals surface area (Å²) in [4.78, 5) is 19.1. The van der Waals surface area contributed by atoms with E-state index in [1.807, 2.05) is 18.2 Å². The number of hydrogen-bond acceptors (Lipinski definition) is 6. The van der Waals surface area contributed by atoms with Crippen molar-refractivity contribution in [2.24, 2.45) is 5.73 Å². The molecule has 0 radical (unpaired) electrons. The zero-order valence-corrected chi connectivity index (χ0v) is 21.7. The SMILES string of the molecule is CC(Oc1cc(-n2cnc3ccc(OC4CCN(C)CC4)cc32)sc1C(N)=O)c1ccccc1C(F)(F)F. The molecule has 1 amide bonds. The van der Waals surface area contributed by atoms with Crippen LogP contribution < -0.4 is 15.2 Å². The molecule has 38 heavy (non-hydrogen) atoms. The van der Waals surface area contributed by atoms with Crippen molar-refractivity contribution in [1.29, 1.82) is 0 Å². The zero-order chi connectivity index (χ0) is 27.0. The molecule has 1 atom stereocenters. The number of fused-ring (bicyclic) bond motifs is 1. The lowest BCUT2D eigenvalue weighted by Crippen LogP contribution is -2.35. The normalized spacial score (nSPS) is 16.0. The summed E-state index contributed by atoms with van der Waals surface area (Å²) in [5.41, 5.74) is 6.27. The van der Waals surface area contributed by atoms with Gasteiger partial charge < -0.3 is 20.1 Å². The number of alkyl halides is 3. The van der Waals surface area contributed by atoms with Crippen LogP contribution in [0.4, 0.5) is 13.2 Å². The molecule has 11 heteroatoms. The fourth-order valence-corrected chi connectivity index (χ4v) is 5.56. The maximum absolute atomic E-state index is 13.5. The van der Waals surface area contributed by atoms with Gasteiger partial charge >= 0.3 is 6.18 Å². The molecule has 2 aromatic carbocycles. The molecular formula is C27H27F3N4O3S. The molecule has 4 aromatic rings. The molecule has 3 heterocycles. The highest BCUT2D eigenvalue weighted by atomic mass is 32.1. The number of likely N-dealkylation sites (tertiary alicyclic amines) is 1. The molecule has 1 unspecified atom stereocenters. The number of ether oxygens (including phenoxy) is 2. The largest absolute Gasteiger partial charge is 0.490 e. The molecule has 2 N–H and O–H groups in total. The number of primary amides is 1. The Bertz CT molecular complexity index is 1460.